The molecule has 0 spiro atoms. The summed E-state index contributed by atoms with van der Waals surface area (Å²) in [5.74, 6) is 2.36. The minimum absolute atomic E-state index is 0.778. The maximum Gasteiger partial charge on any atom is 0.0107 e. The Morgan fingerprint density at radius 1 is 1.06 bits per heavy atom. The Morgan fingerprint density at radius 3 is 2.44 bits per heavy atom. The first kappa shape index (κ1) is 15.9. The predicted molar refractivity (Wildman–Crippen MR) is 80.0 cm³/mol. The summed E-state index contributed by atoms with van der Waals surface area (Å²) in [5.41, 5.74) is 0. The molecule has 0 aliphatic carbocycles. The summed E-state index contributed by atoms with van der Waals surface area (Å²) in [6, 6.07) is 0. The van der Waals surface area contributed by atoms with Gasteiger partial charge in [0.15, 0.2) is 0 Å². The molecule has 0 radical (unpaired) electrons. The highest BCUT2D eigenvalue weighted by Crippen LogP contribution is 2.19. The molecular formula is C15H33N3. The van der Waals surface area contributed by atoms with Crippen LogP contribution in [0.25, 0.3) is 0 Å². The van der Waals surface area contributed by atoms with Crippen LogP contribution in [-0.4, -0.2) is 50.7 Å². The molecule has 0 aromatic carbocycles. The fraction of sp³-hybridized carbons (Fsp3) is 1.00. The average Bonchev–Trinajstić information content (AvgIpc) is 2.56. The number of nitrogens with zero attached hydrogens (tertiary/aromatic N) is 1. The summed E-state index contributed by atoms with van der Waals surface area (Å²) in [4.78, 5) is 2.58. The van der Waals surface area contributed by atoms with E-state index in [9.17, 15) is 0 Å². The van der Waals surface area contributed by atoms with E-state index < -0.39 is 0 Å². The molecule has 0 aromatic heterocycles. The van der Waals surface area contributed by atoms with Crippen LogP contribution in [-0.2, 0) is 0 Å². The van der Waals surface area contributed by atoms with E-state index in [0.29, 0.717) is 0 Å². The topological polar surface area (TPSA) is 27.3 Å². The van der Waals surface area contributed by atoms with Gasteiger partial charge in [0, 0.05) is 26.2 Å². The fourth-order valence-electron chi connectivity index (χ4n) is 2.87. The van der Waals surface area contributed by atoms with Gasteiger partial charge in [0.25, 0.3) is 0 Å². The lowest BCUT2D eigenvalue weighted by atomic mass is 9.85. The lowest BCUT2D eigenvalue weighted by Gasteiger charge is -2.26. The lowest BCUT2D eigenvalue weighted by Crippen LogP contribution is -2.37. The summed E-state index contributed by atoms with van der Waals surface area (Å²) < 4.78 is 0. The Balaban J connectivity index is 2.12. The number of hydrogen-bond donors (Lipinski definition) is 2. The Bertz CT molecular complexity index is 188. The number of nitrogens with one attached hydrogen (secondary N) is 2. The molecule has 3 heteroatoms. The van der Waals surface area contributed by atoms with Crippen molar-refractivity contribution < 1.29 is 0 Å². The second-order valence-corrected chi connectivity index (χ2v) is 6.30. The Hall–Kier alpha value is -0.120. The molecule has 0 bridgehead atoms. The Labute approximate surface area is 114 Å². The van der Waals surface area contributed by atoms with E-state index in [1.54, 1.807) is 0 Å². The average molecular weight is 255 g/mol. The molecular weight excluding hydrogens is 222 g/mol. The van der Waals surface area contributed by atoms with Gasteiger partial charge in [-0.3, -0.25) is 0 Å². The zero-order valence-corrected chi connectivity index (χ0v) is 12.8. The van der Waals surface area contributed by atoms with Gasteiger partial charge in [-0.05, 0) is 43.8 Å². The monoisotopic (exact) mass is 255 g/mol. The van der Waals surface area contributed by atoms with Gasteiger partial charge in [-0.1, -0.05) is 27.7 Å². The lowest BCUT2D eigenvalue weighted by molar-refractivity contribution is 0.257. The van der Waals surface area contributed by atoms with Crippen molar-refractivity contribution in [3.63, 3.8) is 0 Å². The van der Waals surface area contributed by atoms with E-state index in [2.05, 4.69) is 43.2 Å². The zero-order valence-electron chi connectivity index (χ0n) is 12.8. The van der Waals surface area contributed by atoms with Crippen molar-refractivity contribution in [2.45, 2.75) is 34.1 Å². The standard InChI is InChI=1S/C15H33N3/c1-13(2)15(14(3)4)12-17-8-11-18-9-5-6-16-7-10-18/h13-17H,5-12H2,1-4H3. The van der Waals surface area contributed by atoms with Crippen molar-refractivity contribution in [1.29, 1.82) is 0 Å². The van der Waals surface area contributed by atoms with Gasteiger partial charge < -0.3 is 15.5 Å². The fourth-order valence-corrected chi connectivity index (χ4v) is 2.87. The van der Waals surface area contributed by atoms with Gasteiger partial charge in [0.05, 0.1) is 0 Å². The van der Waals surface area contributed by atoms with Crippen molar-refractivity contribution in [3.8, 4) is 0 Å². The summed E-state index contributed by atoms with van der Waals surface area (Å²) in [7, 11) is 0. The molecule has 0 aromatic rings. The molecule has 0 saturated carbocycles. The molecule has 1 aliphatic rings. The Morgan fingerprint density at radius 2 is 1.78 bits per heavy atom. The minimum Gasteiger partial charge on any atom is -0.315 e. The third-order valence-electron chi connectivity index (χ3n) is 4.13. The maximum atomic E-state index is 3.65. The van der Waals surface area contributed by atoms with Crippen molar-refractivity contribution in [1.82, 2.24) is 15.5 Å². The van der Waals surface area contributed by atoms with E-state index in [-0.39, 0.29) is 0 Å². The van der Waals surface area contributed by atoms with Gasteiger partial charge in [0.1, 0.15) is 0 Å². The van der Waals surface area contributed by atoms with Gasteiger partial charge >= 0.3 is 0 Å². The molecule has 1 aliphatic heterocycles. The quantitative estimate of drug-likeness (QED) is 0.679. The molecule has 108 valence electrons. The molecule has 2 N–H and O–H groups in total. The smallest absolute Gasteiger partial charge is 0.0107 e. The van der Waals surface area contributed by atoms with Crippen LogP contribution in [0.1, 0.15) is 34.1 Å². The summed E-state index contributed by atoms with van der Waals surface area (Å²) in [6.07, 6.45) is 1.29. The van der Waals surface area contributed by atoms with Gasteiger partial charge in [-0.2, -0.15) is 0 Å². The molecule has 0 atom stereocenters. The number of rotatable bonds is 7. The first-order valence-electron chi connectivity index (χ1n) is 7.75. The van der Waals surface area contributed by atoms with Gasteiger partial charge in [-0.15, -0.1) is 0 Å². The van der Waals surface area contributed by atoms with E-state index in [0.717, 1.165) is 30.8 Å². The summed E-state index contributed by atoms with van der Waals surface area (Å²) in [5, 5.41) is 7.11. The zero-order chi connectivity index (χ0) is 13.4. The van der Waals surface area contributed by atoms with Gasteiger partial charge in [-0.25, -0.2) is 0 Å². The van der Waals surface area contributed by atoms with E-state index in [1.807, 2.05) is 0 Å². The normalized spacial score (nSPS) is 18.8. The van der Waals surface area contributed by atoms with Gasteiger partial charge in [0.2, 0.25) is 0 Å². The first-order chi connectivity index (χ1) is 8.61. The van der Waals surface area contributed by atoms with Crippen LogP contribution in [0.2, 0.25) is 0 Å². The van der Waals surface area contributed by atoms with Crippen LogP contribution in [0.4, 0.5) is 0 Å². The van der Waals surface area contributed by atoms with Crippen molar-refractivity contribution in [2.75, 3.05) is 45.8 Å². The molecule has 1 saturated heterocycles. The third kappa shape index (κ3) is 6.17. The van der Waals surface area contributed by atoms with Crippen LogP contribution >= 0.6 is 0 Å². The molecule has 0 amide bonds. The van der Waals surface area contributed by atoms with Crippen molar-refractivity contribution in [3.05, 3.63) is 0 Å². The molecule has 1 fully saturated rings. The van der Waals surface area contributed by atoms with Crippen LogP contribution in [0.15, 0.2) is 0 Å². The van der Waals surface area contributed by atoms with E-state index >= 15 is 0 Å². The highest BCUT2D eigenvalue weighted by atomic mass is 15.2. The van der Waals surface area contributed by atoms with Crippen molar-refractivity contribution >= 4 is 0 Å². The Kier molecular flexibility index (Phi) is 7.87. The van der Waals surface area contributed by atoms with Crippen LogP contribution < -0.4 is 10.6 Å². The first-order valence-corrected chi connectivity index (χ1v) is 7.75. The SMILES string of the molecule is CC(C)C(CNCCN1CCCNCC1)C(C)C. The molecule has 1 rings (SSSR count). The van der Waals surface area contributed by atoms with Crippen LogP contribution in [0, 0.1) is 17.8 Å². The summed E-state index contributed by atoms with van der Waals surface area (Å²) >= 11 is 0. The highest BCUT2D eigenvalue weighted by Gasteiger charge is 2.16. The predicted octanol–water partition coefficient (Wildman–Crippen LogP) is 1.80. The highest BCUT2D eigenvalue weighted by molar-refractivity contribution is 4.71. The van der Waals surface area contributed by atoms with Crippen LogP contribution in [0.3, 0.4) is 0 Å². The van der Waals surface area contributed by atoms with E-state index in [1.165, 1.54) is 39.1 Å². The molecule has 1 heterocycles. The largest absolute Gasteiger partial charge is 0.315 e. The minimum atomic E-state index is 0.778. The molecule has 18 heavy (non-hydrogen) atoms. The third-order valence-corrected chi connectivity index (χ3v) is 4.13. The van der Waals surface area contributed by atoms with Crippen molar-refractivity contribution in [2.24, 2.45) is 17.8 Å². The van der Waals surface area contributed by atoms with E-state index in [4.69, 9.17) is 0 Å². The maximum absolute atomic E-state index is 3.65. The second-order valence-electron chi connectivity index (χ2n) is 6.30. The summed E-state index contributed by atoms with van der Waals surface area (Å²) in [6.45, 7) is 17.7. The second kappa shape index (κ2) is 8.89. The number of hydrogen-bond acceptors (Lipinski definition) is 3. The molecule has 3 nitrogen and oxygen atoms in total. The molecule has 0 unspecified atom stereocenters. The van der Waals surface area contributed by atoms with Crippen LogP contribution in [0.5, 0.6) is 0 Å².